The van der Waals surface area contributed by atoms with Gasteiger partial charge in [0.15, 0.2) is 0 Å². The summed E-state index contributed by atoms with van der Waals surface area (Å²) in [6, 6.07) is -0.505. The van der Waals surface area contributed by atoms with Gasteiger partial charge in [-0.3, -0.25) is 4.79 Å². The molecule has 0 aromatic carbocycles. The first-order valence-corrected chi connectivity index (χ1v) is 5.61. The summed E-state index contributed by atoms with van der Waals surface area (Å²) >= 11 is 0. The van der Waals surface area contributed by atoms with E-state index in [1.807, 2.05) is 0 Å². The summed E-state index contributed by atoms with van der Waals surface area (Å²) in [5.74, 6) is -0.698. The zero-order valence-electron chi connectivity index (χ0n) is 9.59. The molecule has 17 heavy (non-hydrogen) atoms. The van der Waals surface area contributed by atoms with Crippen molar-refractivity contribution in [2.45, 2.75) is 25.8 Å². The maximum Gasteiger partial charge on any atom is 0.328 e. The van der Waals surface area contributed by atoms with Crippen molar-refractivity contribution in [2.24, 2.45) is 0 Å². The Kier molecular flexibility index (Phi) is 3.41. The molecule has 1 fully saturated rings. The molecule has 1 aliphatic heterocycles. The minimum Gasteiger partial charge on any atom is -0.464 e. The summed E-state index contributed by atoms with van der Waals surface area (Å²) in [5.41, 5.74) is 0. The van der Waals surface area contributed by atoms with Crippen molar-refractivity contribution in [1.82, 2.24) is 9.88 Å². The fourth-order valence-corrected chi connectivity index (χ4v) is 1.95. The third kappa shape index (κ3) is 2.30. The molecule has 6 nitrogen and oxygen atoms in total. The lowest BCUT2D eigenvalue weighted by Gasteiger charge is -2.21. The summed E-state index contributed by atoms with van der Waals surface area (Å²) in [5, 5.41) is 0. The Bertz CT molecular complexity index is 402. The van der Waals surface area contributed by atoms with Gasteiger partial charge >= 0.3 is 11.9 Å². The molecule has 1 aromatic rings. The van der Waals surface area contributed by atoms with Crippen LogP contribution in [0.4, 0.5) is 0 Å². The number of carbonyl (C=O) groups is 2. The Morgan fingerprint density at radius 3 is 3.12 bits per heavy atom. The minimum atomic E-state index is -0.505. The molecule has 92 valence electrons. The van der Waals surface area contributed by atoms with E-state index in [-0.39, 0.29) is 17.8 Å². The third-order valence-electron chi connectivity index (χ3n) is 2.69. The fraction of sp³-hybridized carbons (Fsp3) is 0.545. The number of hydrogen-bond acceptors (Lipinski definition) is 5. The average molecular weight is 238 g/mol. The zero-order chi connectivity index (χ0) is 12.3. The number of rotatable bonds is 3. The first-order valence-electron chi connectivity index (χ1n) is 5.61. The van der Waals surface area contributed by atoms with E-state index in [1.54, 1.807) is 6.92 Å². The highest BCUT2D eigenvalue weighted by Crippen LogP contribution is 2.20. The van der Waals surface area contributed by atoms with Crippen molar-refractivity contribution < 1.29 is 18.7 Å². The van der Waals surface area contributed by atoms with E-state index < -0.39 is 6.04 Å². The summed E-state index contributed by atoms with van der Waals surface area (Å²) in [6.45, 7) is 2.59. The van der Waals surface area contributed by atoms with Gasteiger partial charge in [-0.1, -0.05) is 0 Å². The third-order valence-corrected chi connectivity index (χ3v) is 2.69. The van der Waals surface area contributed by atoms with Crippen LogP contribution in [0.3, 0.4) is 0 Å². The number of esters is 1. The van der Waals surface area contributed by atoms with E-state index in [9.17, 15) is 9.59 Å². The molecule has 1 saturated heterocycles. The molecule has 0 unspecified atom stereocenters. The molecule has 0 radical (unpaired) electrons. The van der Waals surface area contributed by atoms with Crippen LogP contribution in [0, 0.1) is 0 Å². The maximum atomic E-state index is 12.0. The number of amides is 1. The predicted octanol–water partition coefficient (Wildman–Crippen LogP) is 0.842. The predicted molar refractivity (Wildman–Crippen MR) is 57.2 cm³/mol. The Balaban J connectivity index is 2.09. The van der Waals surface area contributed by atoms with Gasteiger partial charge in [-0.05, 0) is 19.8 Å². The van der Waals surface area contributed by atoms with E-state index in [0.717, 1.165) is 6.42 Å². The second-order valence-corrected chi connectivity index (χ2v) is 3.75. The molecule has 1 aromatic heterocycles. The second-order valence-electron chi connectivity index (χ2n) is 3.75. The number of nitrogens with zero attached hydrogens (tertiary/aromatic N) is 2. The largest absolute Gasteiger partial charge is 0.464 e. The molecule has 1 amide bonds. The van der Waals surface area contributed by atoms with Crippen molar-refractivity contribution in [3.05, 3.63) is 18.4 Å². The van der Waals surface area contributed by atoms with E-state index in [2.05, 4.69) is 4.98 Å². The summed E-state index contributed by atoms with van der Waals surface area (Å²) in [4.78, 5) is 28.9. The van der Waals surface area contributed by atoms with E-state index in [1.165, 1.54) is 17.4 Å². The summed E-state index contributed by atoms with van der Waals surface area (Å²) in [6.07, 6.45) is 4.16. The van der Waals surface area contributed by atoms with Crippen LogP contribution < -0.4 is 0 Å². The van der Waals surface area contributed by atoms with E-state index in [4.69, 9.17) is 9.15 Å². The first kappa shape index (κ1) is 11.6. The van der Waals surface area contributed by atoms with Crippen molar-refractivity contribution >= 4 is 11.9 Å². The molecule has 1 aliphatic rings. The monoisotopic (exact) mass is 238 g/mol. The Morgan fingerprint density at radius 2 is 2.47 bits per heavy atom. The molecule has 0 N–H and O–H groups in total. The molecule has 0 bridgehead atoms. The SMILES string of the molecule is CCOC(=O)[C@@H]1CCCN1C(=O)c1ncco1. The summed E-state index contributed by atoms with van der Waals surface area (Å²) in [7, 11) is 0. The van der Waals surface area contributed by atoms with Crippen LogP contribution in [0.15, 0.2) is 16.9 Å². The standard InChI is InChI=1S/C11H14N2O4/c1-2-16-11(15)8-4-3-6-13(8)10(14)9-12-5-7-17-9/h5,7-8H,2-4,6H2,1H3/t8-/m0/s1. The van der Waals surface area contributed by atoms with E-state index >= 15 is 0 Å². The average Bonchev–Trinajstić information content (AvgIpc) is 3.00. The lowest BCUT2D eigenvalue weighted by atomic mass is 10.2. The normalized spacial score (nSPS) is 19.4. The molecule has 6 heteroatoms. The lowest BCUT2D eigenvalue weighted by molar-refractivity contribution is -0.147. The highest BCUT2D eigenvalue weighted by atomic mass is 16.5. The lowest BCUT2D eigenvalue weighted by Crippen LogP contribution is -2.41. The first-order chi connectivity index (χ1) is 8.24. The van der Waals surface area contributed by atoms with Gasteiger partial charge in [0.25, 0.3) is 5.89 Å². The quantitative estimate of drug-likeness (QED) is 0.730. The number of ether oxygens (including phenoxy) is 1. The van der Waals surface area contributed by atoms with Gasteiger partial charge in [-0.2, -0.15) is 0 Å². The van der Waals surface area contributed by atoms with Crippen LogP contribution in [0.2, 0.25) is 0 Å². The molecule has 0 saturated carbocycles. The Morgan fingerprint density at radius 1 is 1.65 bits per heavy atom. The highest BCUT2D eigenvalue weighted by Gasteiger charge is 2.36. The van der Waals surface area contributed by atoms with Crippen molar-refractivity contribution in [3.8, 4) is 0 Å². The van der Waals surface area contributed by atoms with Crippen molar-refractivity contribution in [3.63, 3.8) is 0 Å². The molecule has 1 atom stereocenters. The number of hydrogen-bond donors (Lipinski definition) is 0. The Labute approximate surface area is 98.6 Å². The van der Waals surface area contributed by atoms with Crippen LogP contribution >= 0.6 is 0 Å². The van der Waals surface area contributed by atoms with Crippen molar-refractivity contribution in [2.75, 3.05) is 13.2 Å². The Hall–Kier alpha value is -1.85. The van der Waals surface area contributed by atoms with Crippen LogP contribution in [0.25, 0.3) is 0 Å². The molecular weight excluding hydrogens is 224 g/mol. The second kappa shape index (κ2) is 4.99. The van der Waals surface area contributed by atoms with Crippen LogP contribution in [0.1, 0.15) is 30.5 Å². The van der Waals surface area contributed by atoms with Gasteiger partial charge in [0.05, 0.1) is 12.8 Å². The van der Waals surface area contributed by atoms with Gasteiger partial charge in [0.2, 0.25) is 0 Å². The number of carbonyl (C=O) groups excluding carboxylic acids is 2. The minimum absolute atomic E-state index is 0.0150. The molecule has 0 aliphatic carbocycles. The molecule has 0 spiro atoms. The van der Waals surface area contributed by atoms with Gasteiger partial charge in [0, 0.05) is 6.54 Å². The van der Waals surface area contributed by atoms with Crippen LogP contribution in [0.5, 0.6) is 0 Å². The van der Waals surface area contributed by atoms with Crippen LogP contribution in [-0.4, -0.2) is 41.0 Å². The smallest absolute Gasteiger partial charge is 0.328 e. The molecule has 2 rings (SSSR count). The molecule has 2 heterocycles. The van der Waals surface area contributed by atoms with Gasteiger partial charge in [-0.25, -0.2) is 9.78 Å². The summed E-state index contributed by atoms with van der Waals surface area (Å²) < 4.78 is 9.88. The van der Waals surface area contributed by atoms with E-state index in [0.29, 0.717) is 19.6 Å². The van der Waals surface area contributed by atoms with Gasteiger partial charge in [0.1, 0.15) is 12.3 Å². The number of likely N-dealkylation sites (tertiary alicyclic amines) is 1. The topological polar surface area (TPSA) is 72.6 Å². The number of oxazole rings is 1. The highest BCUT2D eigenvalue weighted by molar-refractivity contribution is 5.93. The van der Waals surface area contributed by atoms with Gasteiger partial charge in [-0.15, -0.1) is 0 Å². The maximum absolute atomic E-state index is 12.0. The zero-order valence-corrected chi connectivity index (χ0v) is 9.59. The van der Waals surface area contributed by atoms with Gasteiger partial charge < -0.3 is 14.1 Å². The number of aromatic nitrogens is 1. The van der Waals surface area contributed by atoms with Crippen molar-refractivity contribution in [1.29, 1.82) is 0 Å². The molecular formula is C11H14N2O4. The van der Waals surface area contributed by atoms with Crippen LogP contribution in [-0.2, 0) is 9.53 Å². The fourth-order valence-electron chi connectivity index (χ4n) is 1.95.